The molecule has 0 aromatic heterocycles. The van der Waals surface area contributed by atoms with E-state index >= 15 is 0 Å². The fourth-order valence-electron chi connectivity index (χ4n) is 3.22. The molecule has 0 aromatic rings. The number of rotatable bonds is 2. The van der Waals surface area contributed by atoms with Gasteiger partial charge < -0.3 is 10.2 Å². The van der Waals surface area contributed by atoms with Crippen molar-refractivity contribution in [3.05, 3.63) is 0 Å². The molecule has 2 aliphatic heterocycles. The molecular weight excluding hydrogens is 200 g/mol. The first-order chi connectivity index (χ1) is 7.62. The van der Waals surface area contributed by atoms with E-state index in [1.807, 2.05) is 0 Å². The maximum absolute atomic E-state index is 12.1. The van der Waals surface area contributed by atoms with Gasteiger partial charge in [-0.25, -0.2) is 0 Å². The number of piperidine rings is 2. The summed E-state index contributed by atoms with van der Waals surface area (Å²) in [5.74, 6) is 1.01. The van der Waals surface area contributed by atoms with Crippen LogP contribution in [0.4, 0.5) is 0 Å². The molecule has 92 valence electrons. The van der Waals surface area contributed by atoms with Gasteiger partial charge in [-0.05, 0) is 38.1 Å². The van der Waals surface area contributed by atoms with Crippen LogP contribution in [0.2, 0.25) is 0 Å². The van der Waals surface area contributed by atoms with Crippen molar-refractivity contribution in [2.75, 3.05) is 26.2 Å². The molecule has 0 bridgehead atoms. The molecule has 1 spiro atoms. The third-order valence-corrected chi connectivity index (χ3v) is 3.88. The molecule has 0 aromatic carbocycles. The van der Waals surface area contributed by atoms with E-state index in [0.717, 1.165) is 38.9 Å². The van der Waals surface area contributed by atoms with Gasteiger partial charge in [0.05, 0.1) is 5.41 Å². The first kappa shape index (κ1) is 11.9. The van der Waals surface area contributed by atoms with Gasteiger partial charge in [-0.3, -0.25) is 4.79 Å². The van der Waals surface area contributed by atoms with Gasteiger partial charge in [0.15, 0.2) is 0 Å². The average Bonchev–Trinajstić information content (AvgIpc) is 2.22. The van der Waals surface area contributed by atoms with Crippen molar-refractivity contribution in [3.8, 4) is 0 Å². The lowest BCUT2D eigenvalue weighted by Gasteiger charge is -2.44. The highest BCUT2D eigenvalue weighted by Gasteiger charge is 2.43. The molecule has 2 aliphatic rings. The van der Waals surface area contributed by atoms with Crippen LogP contribution < -0.4 is 5.32 Å². The highest BCUT2D eigenvalue weighted by atomic mass is 16.2. The number of amides is 1. The molecule has 1 amide bonds. The number of likely N-dealkylation sites (tertiary alicyclic amines) is 1. The number of nitrogens with one attached hydrogen (secondary N) is 1. The van der Waals surface area contributed by atoms with E-state index in [2.05, 4.69) is 24.1 Å². The minimum absolute atomic E-state index is 0.0502. The second kappa shape index (κ2) is 4.74. The minimum atomic E-state index is -0.0502. The lowest BCUT2D eigenvalue weighted by molar-refractivity contribution is -0.137. The number of hydrogen-bond donors (Lipinski definition) is 1. The molecule has 3 heteroatoms. The van der Waals surface area contributed by atoms with Crippen molar-refractivity contribution in [3.63, 3.8) is 0 Å². The normalized spacial score (nSPS) is 32.1. The van der Waals surface area contributed by atoms with Crippen LogP contribution in [0.3, 0.4) is 0 Å². The first-order valence-electron chi connectivity index (χ1n) is 6.63. The van der Waals surface area contributed by atoms with Gasteiger partial charge in [0.2, 0.25) is 5.91 Å². The van der Waals surface area contributed by atoms with E-state index in [9.17, 15) is 4.79 Å². The Labute approximate surface area is 98.6 Å². The maximum atomic E-state index is 12.1. The fraction of sp³-hybridized carbons (Fsp3) is 0.923. The summed E-state index contributed by atoms with van der Waals surface area (Å²) in [6.45, 7) is 8.68. The SMILES string of the molecule is CC(C)CN1CCC[C@]2(CCCNC2=O)C1. The molecule has 2 rings (SSSR count). The second-order valence-electron chi connectivity index (χ2n) is 5.87. The van der Waals surface area contributed by atoms with Gasteiger partial charge in [0.25, 0.3) is 0 Å². The van der Waals surface area contributed by atoms with Crippen LogP contribution in [0.15, 0.2) is 0 Å². The standard InChI is InChI=1S/C13H24N2O/c1-11(2)9-15-8-4-6-13(10-15)5-3-7-14-12(13)16/h11H,3-10H2,1-2H3,(H,14,16)/t13-/m1/s1. The zero-order valence-electron chi connectivity index (χ0n) is 10.6. The quantitative estimate of drug-likeness (QED) is 0.773. The van der Waals surface area contributed by atoms with Crippen LogP contribution in [0.5, 0.6) is 0 Å². The minimum Gasteiger partial charge on any atom is -0.356 e. The van der Waals surface area contributed by atoms with E-state index in [0.29, 0.717) is 11.8 Å². The second-order valence-corrected chi connectivity index (χ2v) is 5.87. The molecule has 3 nitrogen and oxygen atoms in total. The Morgan fingerprint density at radius 3 is 2.81 bits per heavy atom. The Hall–Kier alpha value is -0.570. The van der Waals surface area contributed by atoms with Crippen LogP contribution >= 0.6 is 0 Å². The Morgan fingerprint density at radius 2 is 2.12 bits per heavy atom. The van der Waals surface area contributed by atoms with Crippen molar-refractivity contribution in [1.82, 2.24) is 10.2 Å². The molecule has 16 heavy (non-hydrogen) atoms. The van der Waals surface area contributed by atoms with E-state index in [-0.39, 0.29) is 5.41 Å². The summed E-state index contributed by atoms with van der Waals surface area (Å²) in [7, 11) is 0. The number of carbonyl (C=O) groups excluding carboxylic acids is 1. The zero-order chi connectivity index (χ0) is 11.6. The average molecular weight is 224 g/mol. The zero-order valence-corrected chi connectivity index (χ0v) is 10.6. The lowest BCUT2D eigenvalue weighted by atomic mass is 9.73. The Kier molecular flexibility index (Phi) is 3.53. The molecule has 1 atom stereocenters. The van der Waals surface area contributed by atoms with Crippen LogP contribution in [0, 0.1) is 11.3 Å². The number of nitrogens with zero attached hydrogens (tertiary/aromatic N) is 1. The molecule has 0 radical (unpaired) electrons. The monoisotopic (exact) mass is 224 g/mol. The maximum Gasteiger partial charge on any atom is 0.227 e. The number of carbonyl (C=O) groups is 1. The molecule has 2 fully saturated rings. The summed E-state index contributed by atoms with van der Waals surface area (Å²) < 4.78 is 0. The number of hydrogen-bond acceptors (Lipinski definition) is 2. The van der Waals surface area contributed by atoms with Crippen molar-refractivity contribution in [2.45, 2.75) is 39.5 Å². The van der Waals surface area contributed by atoms with Gasteiger partial charge in [-0.1, -0.05) is 13.8 Å². The highest BCUT2D eigenvalue weighted by Crippen LogP contribution is 2.36. The Bertz CT molecular complexity index is 261. The molecule has 2 heterocycles. The third-order valence-electron chi connectivity index (χ3n) is 3.88. The van der Waals surface area contributed by atoms with E-state index in [1.165, 1.54) is 13.0 Å². The van der Waals surface area contributed by atoms with Gasteiger partial charge in [0.1, 0.15) is 0 Å². The van der Waals surface area contributed by atoms with Gasteiger partial charge >= 0.3 is 0 Å². The largest absolute Gasteiger partial charge is 0.356 e. The summed E-state index contributed by atoms with van der Waals surface area (Å²) in [4.78, 5) is 14.5. The van der Waals surface area contributed by atoms with Gasteiger partial charge in [-0.15, -0.1) is 0 Å². The summed E-state index contributed by atoms with van der Waals surface area (Å²) in [6.07, 6.45) is 4.52. The van der Waals surface area contributed by atoms with Crippen LogP contribution in [-0.2, 0) is 4.79 Å². The van der Waals surface area contributed by atoms with Crippen LogP contribution in [0.25, 0.3) is 0 Å². The summed E-state index contributed by atoms with van der Waals surface area (Å²) in [5.41, 5.74) is -0.0502. The molecule has 2 saturated heterocycles. The van der Waals surface area contributed by atoms with Gasteiger partial charge in [0, 0.05) is 19.6 Å². The molecular formula is C13H24N2O. The van der Waals surface area contributed by atoms with Gasteiger partial charge in [-0.2, -0.15) is 0 Å². The summed E-state index contributed by atoms with van der Waals surface area (Å²) in [5, 5.41) is 3.05. The van der Waals surface area contributed by atoms with Crippen molar-refractivity contribution in [2.24, 2.45) is 11.3 Å². The predicted molar refractivity (Wildman–Crippen MR) is 65.2 cm³/mol. The van der Waals surface area contributed by atoms with E-state index in [4.69, 9.17) is 0 Å². The van der Waals surface area contributed by atoms with E-state index in [1.54, 1.807) is 0 Å². The Morgan fingerprint density at radius 1 is 1.38 bits per heavy atom. The van der Waals surface area contributed by atoms with E-state index < -0.39 is 0 Å². The highest BCUT2D eigenvalue weighted by molar-refractivity contribution is 5.83. The van der Waals surface area contributed by atoms with Crippen LogP contribution in [0.1, 0.15) is 39.5 Å². The molecule has 0 saturated carbocycles. The summed E-state index contributed by atoms with van der Waals surface area (Å²) >= 11 is 0. The van der Waals surface area contributed by atoms with Crippen LogP contribution in [-0.4, -0.2) is 37.0 Å². The lowest BCUT2D eigenvalue weighted by Crippen LogP contribution is -2.55. The first-order valence-corrected chi connectivity index (χ1v) is 6.63. The smallest absolute Gasteiger partial charge is 0.227 e. The molecule has 1 N–H and O–H groups in total. The molecule has 0 aliphatic carbocycles. The fourth-order valence-corrected chi connectivity index (χ4v) is 3.22. The van der Waals surface area contributed by atoms with Crippen molar-refractivity contribution < 1.29 is 4.79 Å². The Balaban J connectivity index is 2.01. The van der Waals surface area contributed by atoms with Crippen molar-refractivity contribution >= 4 is 5.91 Å². The molecule has 0 unspecified atom stereocenters. The van der Waals surface area contributed by atoms with Crippen molar-refractivity contribution in [1.29, 1.82) is 0 Å². The third kappa shape index (κ3) is 2.40. The predicted octanol–water partition coefficient (Wildman–Crippen LogP) is 1.63. The topological polar surface area (TPSA) is 32.3 Å². The summed E-state index contributed by atoms with van der Waals surface area (Å²) in [6, 6.07) is 0.